The third-order valence-electron chi connectivity index (χ3n) is 3.89. The first-order valence-electron chi connectivity index (χ1n) is 10.0. The summed E-state index contributed by atoms with van der Waals surface area (Å²) in [5.41, 5.74) is -0.411. The molecule has 0 rings (SSSR count). The van der Waals surface area contributed by atoms with Gasteiger partial charge in [-0.1, -0.05) is 6.92 Å². The van der Waals surface area contributed by atoms with Crippen molar-refractivity contribution in [1.82, 2.24) is 4.67 Å². The summed E-state index contributed by atoms with van der Waals surface area (Å²) in [6.07, 6.45) is 2.02. The van der Waals surface area contributed by atoms with Gasteiger partial charge >= 0.3 is 0 Å². The van der Waals surface area contributed by atoms with Gasteiger partial charge in [0.15, 0.2) is 0 Å². The quantitative estimate of drug-likeness (QED) is 0.153. The molecule has 0 saturated heterocycles. The zero-order valence-corrected chi connectivity index (χ0v) is 19.8. The lowest BCUT2D eigenvalue weighted by atomic mass is 10.1. The summed E-state index contributed by atoms with van der Waals surface area (Å²) in [6, 6.07) is 2.80. The van der Waals surface area contributed by atoms with Gasteiger partial charge in [0.05, 0.1) is 32.3 Å². The average molecular weight is 405 g/mol. The van der Waals surface area contributed by atoms with Gasteiger partial charge in [-0.3, -0.25) is 4.67 Å². The summed E-state index contributed by atoms with van der Waals surface area (Å²) >= 11 is 0. The molecule has 0 aromatic heterocycles. The van der Waals surface area contributed by atoms with Crippen LogP contribution in [0.3, 0.4) is 0 Å². The molecule has 0 saturated carbocycles. The molecular formula is C20H41N2O4P. The fourth-order valence-corrected chi connectivity index (χ4v) is 4.93. The van der Waals surface area contributed by atoms with Gasteiger partial charge in [-0.15, -0.1) is 0 Å². The molecule has 0 aromatic rings. The van der Waals surface area contributed by atoms with Crippen LogP contribution < -0.4 is 0 Å². The van der Waals surface area contributed by atoms with Crippen LogP contribution in [0, 0.1) is 11.3 Å². The molecule has 0 aliphatic carbocycles. The van der Waals surface area contributed by atoms with E-state index in [1.165, 1.54) is 0 Å². The number of nitrogens with zero attached hydrogens (tertiary/aromatic N) is 2. The SMILES string of the molecule is CCCOOC(C)(C)CCOC(C)(C)P(OCCC#N)N(C(C)C)C(C)C. The second-order valence-corrected chi connectivity index (χ2v) is 10.6. The minimum Gasteiger partial charge on any atom is -0.367 e. The molecule has 0 aromatic carbocycles. The van der Waals surface area contributed by atoms with Crippen LogP contribution in [0.2, 0.25) is 0 Å². The standard InChI is InChI=1S/C20H41N2O4P/c1-10-14-24-26-19(6,7)12-16-23-20(8,9)27(25-15-11-13-21)22(17(2)3)18(4)5/h17-18H,10-12,14-16H2,1-9H3. The van der Waals surface area contributed by atoms with Crippen molar-refractivity contribution in [3.05, 3.63) is 0 Å². The summed E-state index contributed by atoms with van der Waals surface area (Å²) in [6.45, 7) is 20.4. The minimum absolute atomic E-state index is 0.322. The third-order valence-corrected chi connectivity index (χ3v) is 6.71. The number of hydrogen-bond donors (Lipinski definition) is 0. The van der Waals surface area contributed by atoms with Gasteiger partial charge < -0.3 is 9.26 Å². The number of hydrogen-bond acceptors (Lipinski definition) is 6. The molecule has 6 nitrogen and oxygen atoms in total. The van der Waals surface area contributed by atoms with Crippen molar-refractivity contribution in [1.29, 1.82) is 5.26 Å². The Morgan fingerprint density at radius 2 is 1.59 bits per heavy atom. The zero-order chi connectivity index (χ0) is 21.1. The Morgan fingerprint density at radius 3 is 2.07 bits per heavy atom. The molecule has 1 atom stereocenters. The van der Waals surface area contributed by atoms with Crippen LogP contribution in [0.15, 0.2) is 0 Å². The second kappa shape index (κ2) is 13.0. The fraction of sp³-hybridized carbons (Fsp3) is 0.950. The van der Waals surface area contributed by atoms with Crippen LogP contribution in [-0.2, 0) is 19.0 Å². The second-order valence-electron chi connectivity index (χ2n) is 8.29. The van der Waals surface area contributed by atoms with E-state index in [1.807, 2.05) is 20.8 Å². The van der Waals surface area contributed by atoms with E-state index in [-0.39, 0.29) is 0 Å². The van der Waals surface area contributed by atoms with E-state index < -0.39 is 19.2 Å². The van der Waals surface area contributed by atoms with Crippen LogP contribution in [0.4, 0.5) is 0 Å². The molecule has 0 aliphatic rings. The Bertz CT molecular complexity index is 428. The number of ether oxygens (including phenoxy) is 1. The molecule has 0 bridgehead atoms. The maximum atomic E-state index is 8.87. The highest BCUT2D eigenvalue weighted by atomic mass is 31.2. The highest BCUT2D eigenvalue weighted by molar-refractivity contribution is 7.51. The largest absolute Gasteiger partial charge is 0.367 e. The Morgan fingerprint density at radius 1 is 1.00 bits per heavy atom. The van der Waals surface area contributed by atoms with Gasteiger partial charge in [-0.25, -0.2) is 9.78 Å². The Labute approximate surface area is 168 Å². The molecule has 27 heavy (non-hydrogen) atoms. The molecule has 1 unspecified atom stereocenters. The van der Waals surface area contributed by atoms with Gasteiger partial charge in [-0.2, -0.15) is 5.26 Å². The van der Waals surface area contributed by atoms with E-state index in [0.717, 1.165) is 6.42 Å². The molecule has 0 spiro atoms. The highest BCUT2D eigenvalue weighted by Gasteiger charge is 2.39. The Kier molecular flexibility index (Phi) is 12.9. The van der Waals surface area contributed by atoms with Crippen LogP contribution >= 0.6 is 8.30 Å². The van der Waals surface area contributed by atoms with Crippen LogP contribution in [0.1, 0.15) is 81.6 Å². The van der Waals surface area contributed by atoms with Crippen molar-refractivity contribution in [2.75, 3.05) is 19.8 Å². The zero-order valence-electron chi connectivity index (χ0n) is 18.9. The summed E-state index contributed by atoms with van der Waals surface area (Å²) in [5, 5.41) is 8.39. The topological polar surface area (TPSA) is 64.0 Å². The van der Waals surface area contributed by atoms with E-state index in [1.54, 1.807) is 0 Å². The van der Waals surface area contributed by atoms with Crippen LogP contribution in [-0.4, -0.2) is 47.5 Å². The van der Waals surface area contributed by atoms with Crippen molar-refractivity contribution in [3.8, 4) is 6.07 Å². The Hall–Kier alpha value is -0.280. The van der Waals surface area contributed by atoms with E-state index in [2.05, 4.69) is 52.3 Å². The lowest BCUT2D eigenvalue weighted by Gasteiger charge is -2.44. The van der Waals surface area contributed by atoms with Crippen LogP contribution in [0.25, 0.3) is 0 Å². The first-order chi connectivity index (χ1) is 12.5. The first kappa shape index (κ1) is 26.7. The Balaban J connectivity index is 4.98. The van der Waals surface area contributed by atoms with Crippen molar-refractivity contribution >= 4 is 8.30 Å². The van der Waals surface area contributed by atoms with Gasteiger partial charge in [0.2, 0.25) is 0 Å². The summed E-state index contributed by atoms with van der Waals surface area (Å²) in [5.74, 6) is 0. The van der Waals surface area contributed by atoms with Gasteiger partial charge in [-0.05, 0) is 61.8 Å². The maximum absolute atomic E-state index is 8.87. The van der Waals surface area contributed by atoms with Crippen molar-refractivity contribution in [3.63, 3.8) is 0 Å². The lowest BCUT2D eigenvalue weighted by Crippen LogP contribution is -2.41. The fourth-order valence-electron chi connectivity index (χ4n) is 2.62. The van der Waals surface area contributed by atoms with Gasteiger partial charge in [0.1, 0.15) is 19.2 Å². The smallest absolute Gasteiger partial charge is 0.137 e. The van der Waals surface area contributed by atoms with E-state index in [9.17, 15) is 0 Å². The van der Waals surface area contributed by atoms with Crippen molar-refractivity contribution < 1.29 is 19.0 Å². The normalized spacial score (nSPS) is 14.2. The third kappa shape index (κ3) is 10.7. The number of rotatable bonds is 15. The minimum atomic E-state index is -1.03. The molecule has 0 aliphatic heterocycles. The molecule has 0 heterocycles. The van der Waals surface area contributed by atoms with Crippen molar-refractivity contribution in [2.24, 2.45) is 0 Å². The first-order valence-corrected chi connectivity index (χ1v) is 11.2. The maximum Gasteiger partial charge on any atom is 0.137 e. The van der Waals surface area contributed by atoms with Crippen LogP contribution in [0.5, 0.6) is 0 Å². The number of nitriles is 1. The van der Waals surface area contributed by atoms with E-state index in [0.29, 0.717) is 44.7 Å². The summed E-state index contributed by atoms with van der Waals surface area (Å²) in [7, 11) is -1.03. The molecular weight excluding hydrogens is 363 g/mol. The molecule has 7 heteroatoms. The van der Waals surface area contributed by atoms with Gasteiger partial charge in [0, 0.05) is 18.5 Å². The average Bonchev–Trinajstić information content (AvgIpc) is 2.53. The van der Waals surface area contributed by atoms with Gasteiger partial charge in [0.25, 0.3) is 0 Å². The molecule has 0 radical (unpaired) electrons. The van der Waals surface area contributed by atoms with E-state index >= 15 is 0 Å². The molecule has 160 valence electrons. The van der Waals surface area contributed by atoms with E-state index in [4.69, 9.17) is 24.3 Å². The van der Waals surface area contributed by atoms with Crippen molar-refractivity contribution in [2.45, 2.75) is 105 Å². The summed E-state index contributed by atoms with van der Waals surface area (Å²) in [4.78, 5) is 10.7. The highest BCUT2D eigenvalue weighted by Crippen LogP contribution is 2.56. The predicted octanol–water partition coefficient (Wildman–Crippen LogP) is 5.63. The molecule has 0 amide bonds. The molecule has 0 N–H and O–H groups in total. The summed E-state index contributed by atoms with van der Waals surface area (Å²) < 4.78 is 14.8. The predicted molar refractivity (Wildman–Crippen MR) is 111 cm³/mol. The lowest BCUT2D eigenvalue weighted by molar-refractivity contribution is -0.355. The monoisotopic (exact) mass is 404 g/mol. The molecule has 0 fully saturated rings.